The van der Waals surface area contributed by atoms with E-state index in [2.05, 4.69) is 66.7 Å². The molecule has 2 aromatic heterocycles. The maximum Gasteiger partial charge on any atom is 0.144 e. The summed E-state index contributed by atoms with van der Waals surface area (Å²) in [6.45, 7) is 0. The van der Waals surface area contributed by atoms with Gasteiger partial charge in [-0.2, -0.15) is 0 Å². The topological polar surface area (TPSA) is 50.9 Å². The Morgan fingerprint density at radius 2 is 1.37 bits per heavy atom. The first-order valence-corrected chi connectivity index (χ1v) is 11.9. The average molecular weight is 454 g/mol. The van der Waals surface area contributed by atoms with E-state index in [-0.39, 0.29) is 5.75 Å². The Morgan fingerprint density at radius 1 is 0.657 bits per heavy atom. The average Bonchev–Trinajstić information content (AvgIpc) is 3.24. The summed E-state index contributed by atoms with van der Waals surface area (Å²) in [4.78, 5) is 10.4. The highest BCUT2D eigenvalue weighted by Crippen LogP contribution is 2.41. The minimum atomic E-state index is 0.224. The monoisotopic (exact) mass is 453 g/mol. The van der Waals surface area contributed by atoms with Crippen LogP contribution in [-0.2, 0) is 19.9 Å². The highest BCUT2D eigenvalue weighted by molar-refractivity contribution is 6.05. The van der Waals surface area contributed by atoms with Gasteiger partial charge in [0.1, 0.15) is 11.6 Å². The van der Waals surface area contributed by atoms with Gasteiger partial charge in [-0.05, 0) is 47.6 Å². The summed E-state index contributed by atoms with van der Waals surface area (Å²) in [5, 5.41) is 12.9. The summed E-state index contributed by atoms with van der Waals surface area (Å²) in [7, 11) is 2.00. The fourth-order valence-corrected chi connectivity index (χ4v) is 5.54. The van der Waals surface area contributed by atoms with Gasteiger partial charge in [0.25, 0.3) is 0 Å². The van der Waals surface area contributed by atoms with E-state index in [4.69, 9.17) is 9.97 Å². The Labute approximate surface area is 203 Å². The molecule has 168 valence electrons. The summed E-state index contributed by atoms with van der Waals surface area (Å²) in [6, 6.07) is 30.8. The minimum Gasteiger partial charge on any atom is -0.507 e. The first kappa shape index (κ1) is 20.0. The van der Waals surface area contributed by atoms with Crippen LogP contribution < -0.4 is 0 Å². The van der Waals surface area contributed by atoms with Crippen LogP contribution in [0.1, 0.15) is 11.1 Å². The van der Waals surface area contributed by atoms with Gasteiger partial charge in [-0.15, -0.1) is 0 Å². The molecule has 7 rings (SSSR count). The Balaban J connectivity index is 1.55. The third kappa shape index (κ3) is 2.93. The van der Waals surface area contributed by atoms with Gasteiger partial charge in [-0.1, -0.05) is 72.8 Å². The van der Waals surface area contributed by atoms with E-state index in [1.807, 2.05) is 29.8 Å². The van der Waals surface area contributed by atoms with Gasteiger partial charge >= 0.3 is 0 Å². The number of rotatable bonds is 2. The van der Waals surface area contributed by atoms with Crippen LogP contribution in [0.2, 0.25) is 0 Å². The molecule has 4 heteroatoms. The van der Waals surface area contributed by atoms with E-state index in [1.165, 1.54) is 22.1 Å². The fourth-order valence-electron chi connectivity index (χ4n) is 5.54. The zero-order valence-electron chi connectivity index (χ0n) is 19.4. The van der Waals surface area contributed by atoms with Crippen LogP contribution in [-0.4, -0.2) is 19.6 Å². The molecule has 0 saturated heterocycles. The molecule has 0 amide bonds. The molecule has 2 heterocycles. The molecule has 1 aliphatic rings. The van der Waals surface area contributed by atoms with Gasteiger partial charge in [-0.25, -0.2) is 9.97 Å². The lowest BCUT2D eigenvalue weighted by atomic mass is 9.85. The molecule has 0 radical (unpaired) electrons. The quantitative estimate of drug-likeness (QED) is 0.309. The summed E-state index contributed by atoms with van der Waals surface area (Å²) in [5.41, 5.74) is 9.54. The number of phenols is 1. The zero-order chi connectivity index (χ0) is 23.5. The smallest absolute Gasteiger partial charge is 0.144 e. The Hall–Kier alpha value is -4.44. The van der Waals surface area contributed by atoms with Crippen molar-refractivity contribution in [3.05, 3.63) is 102 Å². The molecule has 0 fully saturated rings. The van der Waals surface area contributed by atoms with Crippen molar-refractivity contribution in [2.24, 2.45) is 7.05 Å². The number of benzene rings is 4. The normalized spacial score (nSPS) is 12.6. The predicted octanol–water partition coefficient (Wildman–Crippen LogP) is 6.93. The molecule has 1 aliphatic carbocycles. The van der Waals surface area contributed by atoms with E-state index < -0.39 is 0 Å². The summed E-state index contributed by atoms with van der Waals surface area (Å²) >= 11 is 0. The SMILES string of the molecule is Cn1c(-c2ccccc2O)nc2c(-c3nc4c(c5ccccc35)CCc3ccccc3-4)cccc21. The lowest BCUT2D eigenvalue weighted by Crippen LogP contribution is -2.07. The molecule has 0 unspecified atom stereocenters. The Bertz CT molecular complexity index is 1780. The summed E-state index contributed by atoms with van der Waals surface area (Å²) < 4.78 is 2.05. The summed E-state index contributed by atoms with van der Waals surface area (Å²) in [6.07, 6.45) is 2.03. The van der Waals surface area contributed by atoms with Gasteiger partial charge in [0.05, 0.1) is 28.0 Å². The lowest BCUT2D eigenvalue weighted by molar-refractivity contribution is 0.476. The number of hydrogen-bond acceptors (Lipinski definition) is 3. The second kappa shape index (κ2) is 7.54. The van der Waals surface area contributed by atoms with E-state index >= 15 is 0 Å². The van der Waals surface area contributed by atoms with E-state index in [0.29, 0.717) is 5.56 Å². The van der Waals surface area contributed by atoms with Crippen LogP contribution in [0.15, 0.2) is 91.0 Å². The lowest BCUT2D eigenvalue weighted by Gasteiger charge is -2.22. The number of para-hydroxylation sites is 2. The van der Waals surface area contributed by atoms with Crippen molar-refractivity contribution < 1.29 is 5.11 Å². The van der Waals surface area contributed by atoms with Crippen molar-refractivity contribution >= 4 is 21.8 Å². The van der Waals surface area contributed by atoms with Crippen LogP contribution in [0, 0.1) is 0 Å². The van der Waals surface area contributed by atoms with E-state index in [0.717, 1.165) is 52.0 Å². The number of imidazole rings is 1. The molecule has 0 bridgehead atoms. The van der Waals surface area contributed by atoms with Gasteiger partial charge in [0.15, 0.2) is 0 Å². The predicted molar refractivity (Wildman–Crippen MR) is 141 cm³/mol. The maximum atomic E-state index is 10.5. The second-order valence-corrected chi connectivity index (χ2v) is 9.18. The molecule has 0 saturated carbocycles. The van der Waals surface area contributed by atoms with Gasteiger partial charge < -0.3 is 9.67 Å². The third-order valence-corrected chi connectivity index (χ3v) is 7.25. The number of pyridine rings is 1. The van der Waals surface area contributed by atoms with Crippen molar-refractivity contribution in [3.63, 3.8) is 0 Å². The molecule has 1 N–H and O–H groups in total. The molecule has 0 spiro atoms. The highest BCUT2D eigenvalue weighted by Gasteiger charge is 2.23. The number of hydrogen-bond donors (Lipinski definition) is 1. The van der Waals surface area contributed by atoms with Crippen LogP contribution in [0.4, 0.5) is 0 Å². The first-order chi connectivity index (χ1) is 17.2. The minimum absolute atomic E-state index is 0.224. The van der Waals surface area contributed by atoms with Crippen LogP contribution >= 0.6 is 0 Å². The number of aromatic hydroxyl groups is 1. The first-order valence-electron chi connectivity index (χ1n) is 11.9. The number of aryl methyl sites for hydroxylation is 3. The van der Waals surface area contributed by atoms with Gasteiger partial charge in [0.2, 0.25) is 0 Å². The molecule has 4 aromatic carbocycles. The van der Waals surface area contributed by atoms with Gasteiger partial charge in [-0.3, -0.25) is 0 Å². The van der Waals surface area contributed by atoms with Crippen LogP contribution in [0.3, 0.4) is 0 Å². The van der Waals surface area contributed by atoms with Crippen LogP contribution in [0.25, 0.3) is 55.7 Å². The zero-order valence-corrected chi connectivity index (χ0v) is 19.4. The third-order valence-electron chi connectivity index (χ3n) is 7.25. The highest BCUT2D eigenvalue weighted by atomic mass is 16.3. The number of fused-ring (bicyclic) bond motifs is 6. The van der Waals surface area contributed by atoms with E-state index in [9.17, 15) is 5.11 Å². The molecular formula is C31H23N3O. The summed E-state index contributed by atoms with van der Waals surface area (Å²) in [5.74, 6) is 0.958. The van der Waals surface area contributed by atoms with E-state index in [1.54, 1.807) is 6.07 Å². The molecule has 4 nitrogen and oxygen atoms in total. The molecule has 0 aliphatic heterocycles. The molecule has 35 heavy (non-hydrogen) atoms. The van der Waals surface area contributed by atoms with Gasteiger partial charge in [0, 0.05) is 23.6 Å². The van der Waals surface area contributed by atoms with Crippen molar-refractivity contribution in [2.45, 2.75) is 12.8 Å². The van der Waals surface area contributed by atoms with Crippen molar-refractivity contribution in [2.75, 3.05) is 0 Å². The Morgan fingerprint density at radius 3 is 2.23 bits per heavy atom. The Kier molecular flexibility index (Phi) is 4.30. The number of nitrogens with zero attached hydrogens (tertiary/aromatic N) is 3. The second-order valence-electron chi connectivity index (χ2n) is 9.18. The van der Waals surface area contributed by atoms with Crippen molar-refractivity contribution in [3.8, 4) is 39.7 Å². The standard InChI is InChI=1S/C31H23N3O/c1-34-26-15-8-14-25(30(26)33-31(34)24-13-6-7-16-27(24)35)29-22-12-5-4-11-21(22)23-18-17-19-9-2-3-10-20(19)28(23)32-29/h2-16,35H,17-18H2,1H3. The maximum absolute atomic E-state index is 10.5. The largest absolute Gasteiger partial charge is 0.507 e. The molecule has 6 aromatic rings. The molecular weight excluding hydrogens is 430 g/mol. The molecule has 0 atom stereocenters. The van der Waals surface area contributed by atoms with Crippen molar-refractivity contribution in [1.82, 2.24) is 14.5 Å². The van der Waals surface area contributed by atoms with Crippen LogP contribution in [0.5, 0.6) is 5.75 Å². The number of aromatic nitrogens is 3. The fraction of sp³-hybridized carbons (Fsp3) is 0.0968. The van der Waals surface area contributed by atoms with Crippen molar-refractivity contribution in [1.29, 1.82) is 0 Å². The number of phenolic OH excluding ortho intramolecular Hbond substituents is 1.